The maximum Gasteiger partial charge on any atom is 0.131 e. The second kappa shape index (κ2) is 11.9. The van der Waals surface area contributed by atoms with Gasteiger partial charge in [0.25, 0.3) is 0 Å². The Balaban J connectivity index is 0.000000941. The van der Waals surface area contributed by atoms with Crippen molar-refractivity contribution >= 4 is 29.6 Å². The number of ether oxygens (including phenoxy) is 1. The average Bonchev–Trinajstić information content (AvgIpc) is 2.71. The molecule has 29 heavy (non-hydrogen) atoms. The van der Waals surface area contributed by atoms with E-state index in [0.29, 0.717) is 18.0 Å². The molecule has 1 saturated heterocycles. The van der Waals surface area contributed by atoms with E-state index in [4.69, 9.17) is 10.1 Å². The number of amidine groups is 1. The number of piperazine rings is 1. The third-order valence-electron chi connectivity index (χ3n) is 4.91. The smallest absolute Gasteiger partial charge is 0.131 e. The quantitative estimate of drug-likeness (QED) is 0.535. The molecule has 6 nitrogen and oxygen atoms in total. The summed E-state index contributed by atoms with van der Waals surface area (Å²) in [7, 11) is 0. The molecule has 3 rings (SSSR count). The van der Waals surface area contributed by atoms with Crippen molar-refractivity contribution in [3.63, 3.8) is 0 Å². The Bertz CT molecular complexity index is 776. The maximum absolute atomic E-state index is 9.94. The normalized spacial score (nSPS) is 14.1. The van der Waals surface area contributed by atoms with Crippen molar-refractivity contribution in [2.45, 2.75) is 13.8 Å². The number of para-hydroxylation sites is 2. The van der Waals surface area contributed by atoms with Crippen molar-refractivity contribution in [1.82, 2.24) is 9.80 Å². The molecule has 0 saturated carbocycles. The first kappa shape index (κ1) is 23.3. The van der Waals surface area contributed by atoms with Gasteiger partial charge in [0.15, 0.2) is 0 Å². The lowest BCUT2D eigenvalue weighted by molar-refractivity contribution is 0.153. The number of phenolic OH excluding ortho intramolecular Hbond substituents is 1. The lowest BCUT2D eigenvalue weighted by atomic mass is 10.1. The van der Waals surface area contributed by atoms with Crippen molar-refractivity contribution in [3.8, 4) is 11.5 Å². The molecule has 0 aliphatic carbocycles. The fraction of sp³-hybridized carbons (Fsp3) is 0.381. The van der Waals surface area contributed by atoms with E-state index < -0.39 is 0 Å². The Morgan fingerprint density at radius 1 is 1.00 bits per heavy atom. The first-order valence-electron chi connectivity index (χ1n) is 9.40. The van der Waals surface area contributed by atoms with E-state index in [9.17, 15) is 5.11 Å². The number of aromatic hydroxyl groups is 1. The van der Waals surface area contributed by atoms with Crippen LogP contribution in [0.15, 0.2) is 42.5 Å². The summed E-state index contributed by atoms with van der Waals surface area (Å²) in [6, 6.07) is 13.3. The predicted molar refractivity (Wildman–Crippen MR) is 117 cm³/mol. The van der Waals surface area contributed by atoms with E-state index in [1.807, 2.05) is 11.0 Å². The summed E-state index contributed by atoms with van der Waals surface area (Å²) in [5.74, 6) is 1.56. The molecular weight excluding hydrogens is 413 g/mol. The van der Waals surface area contributed by atoms with Crippen LogP contribution in [0, 0.1) is 19.3 Å². The van der Waals surface area contributed by atoms with Crippen LogP contribution in [0.3, 0.4) is 0 Å². The van der Waals surface area contributed by atoms with Gasteiger partial charge in [-0.05, 0) is 37.1 Å². The van der Waals surface area contributed by atoms with Crippen LogP contribution in [0.2, 0.25) is 0 Å². The van der Waals surface area contributed by atoms with Gasteiger partial charge in [-0.2, -0.15) is 3.84 Å². The monoisotopic (exact) mass is 439 g/mol. The number of aryl methyl sites for hydroxylation is 2. The molecule has 0 radical (unpaired) electrons. The fourth-order valence-corrected chi connectivity index (χ4v) is 3.34. The van der Waals surface area contributed by atoms with Crippen molar-refractivity contribution < 1.29 is 13.7 Å². The molecule has 158 valence electrons. The minimum absolute atomic E-state index is 0.168. The van der Waals surface area contributed by atoms with Gasteiger partial charge >= 0.3 is 0 Å². The number of hydrogen-bond acceptors (Lipinski definition) is 5. The Kier molecular flexibility index (Phi) is 9.54. The maximum atomic E-state index is 9.94. The SMILES string of the molecule is Cc1cccc(C)c1OCCN1CCN(C(=N)c2ccccc2O)CC1.ClOCl. The molecule has 2 N–H and O–H groups in total. The molecule has 2 aromatic carbocycles. The molecule has 0 unspecified atom stereocenters. The molecule has 2 aromatic rings. The Hall–Kier alpha value is -1.99. The molecule has 8 heteroatoms. The third-order valence-corrected chi connectivity index (χ3v) is 4.91. The Morgan fingerprint density at radius 3 is 2.17 bits per heavy atom. The van der Waals surface area contributed by atoms with E-state index >= 15 is 0 Å². The minimum atomic E-state index is 0.168. The van der Waals surface area contributed by atoms with Gasteiger partial charge in [0.05, 0.1) is 29.3 Å². The van der Waals surface area contributed by atoms with Gasteiger partial charge in [-0.1, -0.05) is 30.3 Å². The fourth-order valence-electron chi connectivity index (χ4n) is 3.34. The van der Waals surface area contributed by atoms with Crippen LogP contribution in [0.5, 0.6) is 11.5 Å². The van der Waals surface area contributed by atoms with Crippen LogP contribution in [-0.4, -0.2) is 60.1 Å². The largest absolute Gasteiger partial charge is 0.507 e. The van der Waals surface area contributed by atoms with Crippen LogP contribution >= 0.6 is 23.7 Å². The summed E-state index contributed by atoms with van der Waals surface area (Å²) < 4.78 is 9.19. The topological polar surface area (TPSA) is 69.0 Å². The number of halogens is 2. The number of benzene rings is 2. The molecule has 1 aliphatic heterocycles. The standard InChI is InChI=1S/C21H27N3O2.Cl2O/c1-16-6-5-7-17(2)20(16)26-15-14-23-10-12-24(13-11-23)21(22)18-8-3-4-9-19(18)25;1-3-2/h3-9,22,25H,10-15H2,1-2H3;. The highest BCUT2D eigenvalue weighted by Crippen LogP contribution is 2.22. The van der Waals surface area contributed by atoms with Crippen LogP contribution in [0.1, 0.15) is 16.7 Å². The van der Waals surface area contributed by atoms with Crippen LogP contribution in [0.4, 0.5) is 0 Å². The zero-order valence-electron chi connectivity index (χ0n) is 16.7. The summed E-state index contributed by atoms with van der Waals surface area (Å²) in [6.07, 6.45) is 0. The van der Waals surface area contributed by atoms with Gasteiger partial charge in [0.2, 0.25) is 0 Å². The highest BCUT2D eigenvalue weighted by atomic mass is 35.6. The van der Waals surface area contributed by atoms with Crippen molar-refractivity contribution in [2.75, 3.05) is 39.3 Å². The van der Waals surface area contributed by atoms with Gasteiger partial charge < -0.3 is 14.7 Å². The van der Waals surface area contributed by atoms with E-state index in [2.05, 4.69) is 64.5 Å². The van der Waals surface area contributed by atoms with Crippen LogP contribution in [0.25, 0.3) is 0 Å². The molecule has 0 atom stereocenters. The first-order valence-corrected chi connectivity index (χ1v) is 10.0. The molecule has 0 aromatic heterocycles. The molecule has 0 bridgehead atoms. The molecule has 1 fully saturated rings. The molecule has 0 spiro atoms. The second-order valence-electron chi connectivity index (χ2n) is 6.82. The lowest BCUT2D eigenvalue weighted by Crippen LogP contribution is -2.49. The number of nitrogens with zero attached hydrogens (tertiary/aromatic N) is 2. The minimum Gasteiger partial charge on any atom is -0.507 e. The Labute approximate surface area is 182 Å². The Morgan fingerprint density at radius 2 is 1.59 bits per heavy atom. The van der Waals surface area contributed by atoms with E-state index in [0.717, 1.165) is 38.5 Å². The van der Waals surface area contributed by atoms with Crippen LogP contribution in [-0.2, 0) is 3.84 Å². The zero-order valence-corrected chi connectivity index (χ0v) is 18.2. The number of phenols is 1. The number of hydrogen-bond donors (Lipinski definition) is 2. The van der Waals surface area contributed by atoms with Gasteiger partial charge in [-0.15, -0.1) is 0 Å². The predicted octanol–water partition coefficient (Wildman–Crippen LogP) is 4.34. The highest BCUT2D eigenvalue weighted by molar-refractivity contribution is 6.24. The average molecular weight is 440 g/mol. The number of rotatable bonds is 5. The van der Waals surface area contributed by atoms with Crippen molar-refractivity contribution in [1.29, 1.82) is 5.41 Å². The lowest BCUT2D eigenvalue weighted by Gasteiger charge is -2.36. The zero-order chi connectivity index (χ0) is 21.2. The molecular formula is C21H27Cl2N3O3. The highest BCUT2D eigenvalue weighted by Gasteiger charge is 2.21. The van der Waals surface area contributed by atoms with Gasteiger partial charge in [0.1, 0.15) is 23.9 Å². The van der Waals surface area contributed by atoms with Crippen LogP contribution < -0.4 is 4.74 Å². The van der Waals surface area contributed by atoms with Crippen molar-refractivity contribution in [3.05, 3.63) is 59.2 Å². The molecule has 0 amide bonds. The summed E-state index contributed by atoms with van der Waals surface area (Å²) in [5.41, 5.74) is 2.94. The van der Waals surface area contributed by atoms with E-state index in [1.165, 1.54) is 11.1 Å². The van der Waals surface area contributed by atoms with E-state index in [1.54, 1.807) is 18.2 Å². The van der Waals surface area contributed by atoms with Crippen molar-refractivity contribution in [2.24, 2.45) is 0 Å². The van der Waals surface area contributed by atoms with E-state index in [-0.39, 0.29) is 5.75 Å². The van der Waals surface area contributed by atoms with Gasteiger partial charge in [-0.3, -0.25) is 10.3 Å². The van der Waals surface area contributed by atoms with Gasteiger partial charge in [0, 0.05) is 32.7 Å². The molecule has 1 heterocycles. The summed E-state index contributed by atoms with van der Waals surface area (Å²) in [6.45, 7) is 9.07. The summed E-state index contributed by atoms with van der Waals surface area (Å²) >= 11 is 8.53. The summed E-state index contributed by atoms with van der Waals surface area (Å²) in [4.78, 5) is 4.39. The third kappa shape index (κ3) is 6.78. The summed E-state index contributed by atoms with van der Waals surface area (Å²) in [5, 5.41) is 18.3. The van der Waals surface area contributed by atoms with Gasteiger partial charge in [-0.25, -0.2) is 0 Å². The molecule has 1 aliphatic rings. The second-order valence-corrected chi connectivity index (χ2v) is 7.29. The first-order chi connectivity index (χ1) is 14.0. The number of nitrogens with one attached hydrogen (secondary N) is 1.